The molecule has 1 aromatic rings. The van der Waals surface area contributed by atoms with Gasteiger partial charge in [0, 0.05) is 5.92 Å². The Morgan fingerprint density at radius 3 is 2.77 bits per heavy atom. The van der Waals surface area contributed by atoms with Crippen molar-refractivity contribution in [3.8, 4) is 5.75 Å². The maximum Gasteiger partial charge on any atom is 0.183 e. The summed E-state index contributed by atoms with van der Waals surface area (Å²) in [7, 11) is 0. The molecule has 1 heterocycles. The third-order valence-corrected chi connectivity index (χ3v) is 2.06. The van der Waals surface area contributed by atoms with Crippen molar-refractivity contribution in [1.82, 2.24) is 4.98 Å². The number of hydrogen-bond donors (Lipinski definition) is 1. The number of carbonyl (C=O) groups is 1. The van der Waals surface area contributed by atoms with Gasteiger partial charge in [0.05, 0.1) is 6.20 Å². The molecule has 70 valence electrons. The second-order valence-electron chi connectivity index (χ2n) is 3.08. The molecule has 1 unspecified atom stereocenters. The van der Waals surface area contributed by atoms with E-state index in [9.17, 15) is 4.79 Å². The van der Waals surface area contributed by atoms with Gasteiger partial charge in [-0.05, 0) is 18.6 Å². The van der Waals surface area contributed by atoms with E-state index in [4.69, 9.17) is 5.11 Å². The molecule has 1 atom stereocenters. The highest BCUT2D eigenvalue weighted by molar-refractivity contribution is 5.95. The molecule has 0 saturated heterocycles. The van der Waals surface area contributed by atoms with Gasteiger partial charge in [-0.25, -0.2) is 4.98 Å². The summed E-state index contributed by atoms with van der Waals surface area (Å²) >= 11 is 0. The molecular formula is C10H13NO2. The van der Waals surface area contributed by atoms with Gasteiger partial charge < -0.3 is 5.11 Å². The first-order valence-electron chi connectivity index (χ1n) is 4.34. The van der Waals surface area contributed by atoms with Crippen LogP contribution in [0.1, 0.15) is 30.8 Å². The van der Waals surface area contributed by atoms with Crippen molar-refractivity contribution in [2.24, 2.45) is 5.92 Å². The van der Waals surface area contributed by atoms with Gasteiger partial charge in [0.25, 0.3) is 0 Å². The third-order valence-electron chi connectivity index (χ3n) is 2.06. The molecule has 3 heteroatoms. The molecule has 0 saturated carbocycles. The van der Waals surface area contributed by atoms with Gasteiger partial charge in [-0.1, -0.05) is 13.8 Å². The summed E-state index contributed by atoms with van der Waals surface area (Å²) in [5.41, 5.74) is 0.423. The highest BCUT2D eigenvalue weighted by atomic mass is 16.3. The molecule has 0 spiro atoms. The number of carbonyl (C=O) groups excluding carboxylic acids is 1. The molecule has 1 aromatic heterocycles. The molecule has 1 rings (SSSR count). The van der Waals surface area contributed by atoms with E-state index in [0.717, 1.165) is 6.42 Å². The van der Waals surface area contributed by atoms with Crippen molar-refractivity contribution in [2.75, 3.05) is 0 Å². The van der Waals surface area contributed by atoms with Gasteiger partial charge in [-0.2, -0.15) is 0 Å². The number of aromatic nitrogens is 1. The van der Waals surface area contributed by atoms with Crippen LogP contribution in [0.4, 0.5) is 0 Å². The fourth-order valence-electron chi connectivity index (χ4n) is 0.970. The minimum atomic E-state index is -0.00274. The lowest BCUT2D eigenvalue weighted by Crippen LogP contribution is -2.11. The van der Waals surface area contributed by atoms with E-state index in [2.05, 4.69) is 4.98 Å². The van der Waals surface area contributed by atoms with Gasteiger partial charge >= 0.3 is 0 Å². The van der Waals surface area contributed by atoms with Crippen LogP contribution in [0.2, 0.25) is 0 Å². The van der Waals surface area contributed by atoms with Crippen LogP contribution in [0.5, 0.6) is 5.75 Å². The highest BCUT2D eigenvalue weighted by Crippen LogP contribution is 2.12. The molecule has 0 bridgehead atoms. The SMILES string of the molecule is CCC(C)C(=O)c1ccc(O)cn1. The molecule has 13 heavy (non-hydrogen) atoms. The number of Topliss-reactive ketones (excluding diaryl/α,β-unsaturated/α-hetero) is 1. The van der Waals surface area contributed by atoms with Crippen LogP contribution in [0.3, 0.4) is 0 Å². The summed E-state index contributed by atoms with van der Waals surface area (Å²) in [4.78, 5) is 15.4. The second kappa shape index (κ2) is 4.03. The predicted molar refractivity (Wildman–Crippen MR) is 49.7 cm³/mol. The summed E-state index contributed by atoms with van der Waals surface area (Å²) in [6.07, 6.45) is 2.09. The van der Waals surface area contributed by atoms with Crippen molar-refractivity contribution in [3.63, 3.8) is 0 Å². The number of aromatic hydroxyl groups is 1. The Hall–Kier alpha value is -1.38. The number of hydrogen-bond acceptors (Lipinski definition) is 3. The highest BCUT2D eigenvalue weighted by Gasteiger charge is 2.13. The minimum absolute atomic E-state index is 0.00274. The van der Waals surface area contributed by atoms with Gasteiger partial charge in [0.2, 0.25) is 0 Å². The van der Waals surface area contributed by atoms with Gasteiger partial charge in [-0.15, -0.1) is 0 Å². The largest absolute Gasteiger partial charge is 0.506 e. The zero-order valence-electron chi connectivity index (χ0n) is 7.82. The molecule has 0 aliphatic rings. The lowest BCUT2D eigenvalue weighted by atomic mass is 10.0. The molecule has 0 aromatic carbocycles. The Bertz CT molecular complexity index is 292. The van der Waals surface area contributed by atoms with Crippen molar-refractivity contribution in [3.05, 3.63) is 24.0 Å². The van der Waals surface area contributed by atoms with E-state index < -0.39 is 0 Å². The van der Waals surface area contributed by atoms with E-state index in [1.54, 1.807) is 6.07 Å². The Kier molecular flexibility index (Phi) is 3.01. The maximum absolute atomic E-state index is 11.5. The second-order valence-corrected chi connectivity index (χ2v) is 3.08. The Labute approximate surface area is 77.4 Å². The van der Waals surface area contributed by atoms with Crippen LogP contribution in [-0.2, 0) is 0 Å². The molecule has 3 nitrogen and oxygen atoms in total. The molecular weight excluding hydrogens is 166 g/mol. The minimum Gasteiger partial charge on any atom is -0.506 e. The quantitative estimate of drug-likeness (QED) is 0.722. The Morgan fingerprint density at radius 2 is 2.31 bits per heavy atom. The van der Waals surface area contributed by atoms with Crippen molar-refractivity contribution >= 4 is 5.78 Å². The first-order chi connectivity index (χ1) is 6.15. The van der Waals surface area contributed by atoms with Gasteiger partial charge in [-0.3, -0.25) is 4.79 Å². The molecule has 0 radical (unpaired) electrons. The fraction of sp³-hybridized carbons (Fsp3) is 0.400. The van der Waals surface area contributed by atoms with Crippen LogP contribution in [0, 0.1) is 5.92 Å². The number of pyridine rings is 1. The van der Waals surface area contributed by atoms with Crippen molar-refractivity contribution < 1.29 is 9.90 Å². The zero-order chi connectivity index (χ0) is 9.84. The number of ketones is 1. The average Bonchev–Trinajstić information content (AvgIpc) is 2.17. The zero-order valence-corrected chi connectivity index (χ0v) is 7.82. The van der Waals surface area contributed by atoms with E-state index in [1.165, 1.54) is 12.3 Å². The number of nitrogens with zero attached hydrogens (tertiary/aromatic N) is 1. The first-order valence-corrected chi connectivity index (χ1v) is 4.34. The summed E-state index contributed by atoms with van der Waals surface area (Å²) in [5, 5.41) is 8.96. The molecule has 1 N–H and O–H groups in total. The lowest BCUT2D eigenvalue weighted by Gasteiger charge is -2.05. The summed E-state index contributed by atoms with van der Waals surface area (Å²) < 4.78 is 0. The average molecular weight is 179 g/mol. The predicted octanol–water partition coefficient (Wildman–Crippen LogP) is 2.02. The van der Waals surface area contributed by atoms with Gasteiger partial charge in [0.15, 0.2) is 5.78 Å². The first kappa shape index (κ1) is 9.71. The summed E-state index contributed by atoms with van der Waals surface area (Å²) in [5.74, 6) is 0.111. The third kappa shape index (κ3) is 2.28. The normalized spacial score (nSPS) is 12.5. The van der Waals surface area contributed by atoms with Crippen LogP contribution in [0.25, 0.3) is 0 Å². The topological polar surface area (TPSA) is 50.2 Å². The monoisotopic (exact) mass is 179 g/mol. The molecule has 0 aliphatic carbocycles. The summed E-state index contributed by atoms with van der Waals surface area (Å²) in [6, 6.07) is 3.02. The Balaban J connectivity index is 2.83. The van der Waals surface area contributed by atoms with Crippen molar-refractivity contribution in [1.29, 1.82) is 0 Å². The maximum atomic E-state index is 11.5. The molecule has 0 amide bonds. The standard InChI is InChI=1S/C10H13NO2/c1-3-7(2)10(13)9-5-4-8(12)6-11-9/h4-7,12H,3H2,1-2H3. The van der Waals surface area contributed by atoms with E-state index in [1.807, 2.05) is 13.8 Å². The van der Waals surface area contributed by atoms with Crippen LogP contribution in [0.15, 0.2) is 18.3 Å². The van der Waals surface area contributed by atoms with E-state index >= 15 is 0 Å². The Morgan fingerprint density at radius 1 is 1.62 bits per heavy atom. The summed E-state index contributed by atoms with van der Waals surface area (Å²) in [6.45, 7) is 3.83. The number of rotatable bonds is 3. The van der Waals surface area contributed by atoms with Crippen LogP contribution in [-0.4, -0.2) is 15.9 Å². The lowest BCUT2D eigenvalue weighted by molar-refractivity contribution is 0.0922. The smallest absolute Gasteiger partial charge is 0.183 e. The van der Waals surface area contributed by atoms with Crippen LogP contribution < -0.4 is 0 Å². The molecule has 0 fully saturated rings. The van der Waals surface area contributed by atoms with Crippen LogP contribution >= 0.6 is 0 Å². The fourth-order valence-corrected chi connectivity index (χ4v) is 0.970. The van der Waals surface area contributed by atoms with Gasteiger partial charge in [0.1, 0.15) is 11.4 Å². The van der Waals surface area contributed by atoms with E-state index in [0.29, 0.717) is 5.69 Å². The molecule has 0 aliphatic heterocycles. The van der Waals surface area contributed by atoms with Crippen molar-refractivity contribution in [2.45, 2.75) is 20.3 Å². The van der Waals surface area contributed by atoms with E-state index in [-0.39, 0.29) is 17.5 Å².